The fourth-order valence-corrected chi connectivity index (χ4v) is 6.89. The maximum absolute atomic E-state index is 9.80. The van der Waals surface area contributed by atoms with E-state index in [1.807, 2.05) is 84.9 Å². The molecule has 10 aromatic rings. The molecule has 1 nitrogen and oxygen atoms in total. The lowest BCUT2D eigenvalue weighted by atomic mass is 9.83. The molecular weight excluding hydrogens is 593 g/mol. The molecule has 0 fully saturated rings. The summed E-state index contributed by atoms with van der Waals surface area (Å²) in [6.07, 6.45) is 0. The summed E-state index contributed by atoms with van der Waals surface area (Å²) in [7, 11) is 0. The first kappa shape index (κ1) is 17.1. The molecule has 0 aliphatic carbocycles. The molecule has 0 spiro atoms. The molecule has 0 bridgehead atoms. The highest BCUT2D eigenvalue weighted by Crippen LogP contribution is 2.47. The van der Waals surface area contributed by atoms with Gasteiger partial charge in [-0.2, -0.15) is 0 Å². The predicted molar refractivity (Wildman–Crippen MR) is 208 cm³/mol. The summed E-state index contributed by atoms with van der Waals surface area (Å²) in [6.45, 7) is 0. The van der Waals surface area contributed by atoms with Crippen LogP contribution in [0.1, 0.15) is 19.2 Å². The van der Waals surface area contributed by atoms with Gasteiger partial charge < -0.3 is 4.42 Å². The summed E-state index contributed by atoms with van der Waals surface area (Å²) < 4.78 is 128. The van der Waals surface area contributed by atoms with E-state index in [2.05, 4.69) is 0 Å². The van der Waals surface area contributed by atoms with E-state index in [-0.39, 0.29) is 74.0 Å². The third kappa shape index (κ3) is 4.40. The number of rotatable bonds is 4. The van der Waals surface area contributed by atoms with E-state index in [0.717, 1.165) is 33.0 Å². The Balaban J connectivity index is 1.24. The van der Waals surface area contributed by atoms with Crippen molar-refractivity contribution in [1.29, 1.82) is 0 Å². The molecule has 0 atom stereocenters. The summed E-state index contributed by atoms with van der Waals surface area (Å²) in [4.78, 5) is 0. The van der Waals surface area contributed by atoms with Crippen LogP contribution < -0.4 is 0 Å². The van der Waals surface area contributed by atoms with Gasteiger partial charge in [0.25, 0.3) is 0 Å². The molecule has 0 unspecified atom stereocenters. The molecule has 9 aromatic carbocycles. The molecule has 0 aliphatic heterocycles. The Labute approximate surface area is 304 Å². The van der Waals surface area contributed by atoms with E-state index in [4.69, 9.17) is 19.5 Å². The van der Waals surface area contributed by atoms with E-state index in [1.165, 1.54) is 0 Å². The number of fused-ring (bicyclic) bond motifs is 7. The second-order valence-corrected chi connectivity index (χ2v) is 11.7. The lowest BCUT2D eigenvalue weighted by Crippen LogP contribution is -1.92. The maximum atomic E-state index is 9.80. The Hall–Kier alpha value is -6.44. The average Bonchev–Trinajstić information content (AvgIpc) is 3.70. The van der Waals surface area contributed by atoms with E-state index in [0.29, 0.717) is 21.9 Å². The highest BCUT2D eigenvalue weighted by atomic mass is 16.3. The normalized spacial score (nSPS) is 15.7. The lowest BCUT2D eigenvalue weighted by Gasteiger charge is -2.20. The minimum atomic E-state index is -0.566. The second-order valence-electron chi connectivity index (χ2n) is 11.7. The van der Waals surface area contributed by atoms with E-state index in [9.17, 15) is 4.11 Å². The molecule has 1 heterocycles. The van der Waals surface area contributed by atoms with Crippen molar-refractivity contribution < 1.29 is 23.6 Å². The lowest BCUT2D eigenvalue weighted by molar-refractivity contribution is 0.672. The van der Waals surface area contributed by atoms with Gasteiger partial charge in [-0.3, -0.25) is 0 Å². The van der Waals surface area contributed by atoms with Crippen molar-refractivity contribution >= 4 is 54.3 Å². The van der Waals surface area contributed by atoms with Crippen molar-refractivity contribution in [2.45, 2.75) is 0 Å². The fraction of sp³-hybridized carbons (Fsp3) is 0. The Kier molecular flexibility index (Phi) is 3.87. The van der Waals surface area contributed by atoms with Gasteiger partial charge in [-0.25, -0.2) is 0 Å². The third-order valence-electron chi connectivity index (χ3n) is 9.05. The molecule has 0 saturated carbocycles. The fourth-order valence-electron chi connectivity index (χ4n) is 6.89. The Morgan fingerprint density at radius 3 is 1.71 bits per heavy atom. The van der Waals surface area contributed by atoms with Gasteiger partial charge in [-0.15, -0.1) is 0 Å². The molecule has 1 aromatic heterocycles. The zero-order chi connectivity index (χ0) is 44.5. The summed E-state index contributed by atoms with van der Waals surface area (Å²) in [6, 6.07) is 24.3. The van der Waals surface area contributed by atoms with E-state index < -0.39 is 54.4 Å². The van der Waals surface area contributed by atoms with Crippen LogP contribution in [0, 0.1) is 0 Å². The van der Waals surface area contributed by atoms with Crippen LogP contribution in [0.4, 0.5) is 0 Å². The average molecular weight is 637 g/mol. The van der Waals surface area contributed by atoms with Crippen LogP contribution in [0.2, 0.25) is 0 Å². The second kappa shape index (κ2) is 11.1. The van der Waals surface area contributed by atoms with Crippen LogP contribution in [0.5, 0.6) is 0 Å². The van der Waals surface area contributed by atoms with Crippen LogP contribution in [-0.2, 0) is 0 Å². The van der Waals surface area contributed by atoms with Gasteiger partial charge >= 0.3 is 0 Å². The predicted octanol–water partition coefficient (Wildman–Crippen LogP) is 13.7. The van der Waals surface area contributed by atoms with E-state index in [1.54, 1.807) is 12.1 Å². The number of hydrogen-bond acceptors (Lipinski definition) is 1. The van der Waals surface area contributed by atoms with Gasteiger partial charge in [-0.05, 0) is 89.6 Å². The minimum absolute atomic E-state index is 0.0107. The van der Waals surface area contributed by atoms with E-state index >= 15 is 0 Å². The maximum Gasteiger partial charge on any atom is 0.143 e. The van der Waals surface area contributed by atoms with Gasteiger partial charge in [-0.1, -0.05) is 164 Å². The Morgan fingerprint density at radius 2 is 0.980 bits per heavy atom. The van der Waals surface area contributed by atoms with Crippen molar-refractivity contribution in [3.63, 3.8) is 0 Å². The highest BCUT2D eigenvalue weighted by Gasteiger charge is 2.20. The zero-order valence-electron chi connectivity index (χ0n) is 39.6. The van der Waals surface area contributed by atoms with Crippen LogP contribution >= 0.6 is 0 Å². The molecule has 0 radical (unpaired) electrons. The van der Waals surface area contributed by atoms with Crippen LogP contribution in [-0.4, -0.2) is 0 Å². The molecule has 10 rings (SSSR count). The number of furan rings is 1. The molecule has 228 valence electrons. The standard InChI is InChI=1S/C48H30O/c1-2-12-31(13-3-1)32-22-24-34(25-23-32)36-15-6-7-17-38(36)47-41-20-10-8-18-39(41)46(40-19-9-11-21-42(40)47)35-27-29-45-44(30-35)43-28-26-33-14-4-5-16-37(33)48(43)49-45/h1-30H/i1D,2D,3D,4D,5D,12D,13D,14D,16D,26D,27D,28D,29D,30D. The van der Waals surface area contributed by atoms with Gasteiger partial charge in [0, 0.05) is 16.2 Å². The number of benzene rings is 9. The quantitative estimate of drug-likeness (QED) is 0.175. The van der Waals surface area contributed by atoms with Gasteiger partial charge in [0.05, 0.1) is 19.2 Å². The first-order chi connectivity index (χ1) is 30.1. The van der Waals surface area contributed by atoms with Crippen molar-refractivity contribution in [1.82, 2.24) is 0 Å². The van der Waals surface area contributed by atoms with Crippen LogP contribution in [0.15, 0.2) is 186 Å². The summed E-state index contributed by atoms with van der Waals surface area (Å²) in [5, 5.41) is 2.47. The molecule has 1 heteroatoms. The van der Waals surface area contributed by atoms with Crippen LogP contribution in [0.3, 0.4) is 0 Å². The topological polar surface area (TPSA) is 13.1 Å². The van der Waals surface area contributed by atoms with Gasteiger partial charge in [0.15, 0.2) is 0 Å². The Morgan fingerprint density at radius 1 is 0.367 bits per heavy atom. The van der Waals surface area contributed by atoms with Crippen molar-refractivity contribution in [3.05, 3.63) is 182 Å². The van der Waals surface area contributed by atoms with Crippen molar-refractivity contribution in [3.8, 4) is 44.5 Å². The molecule has 0 saturated heterocycles. The summed E-state index contributed by atoms with van der Waals surface area (Å²) in [5.41, 5.74) is 4.14. The molecule has 0 N–H and O–H groups in total. The first-order valence-electron chi connectivity index (χ1n) is 22.7. The van der Waals surface area contributed by atoms with Crippen LogP contribution in [0.25, 0.3) is 98.8 Å². The minimum Gasteiger partial charge on any atom is -0.455 e. The smallest absolute Gasteiger partial charge is 0.143 e. The van der Waals surface area contributed by atoms with Gasteiger partial charge in [0.1, 0.15) is 11.2 Å². The third-order valence-corrected chi connectivity index (χ3v) is 9.05. The number of hydrogen-bond donors (Lipinski definition) is 0. The summed E-state index contributed by atoms with van der Waals surface area (Å²) >= 11 is 0. The highest BCUT2D eigenvalue weighted by molar-refractivity contribution is 6.23. The molecular formula is C48H30O. The van der Waals surface area contributed by atoms with Crippen molar-refractivity contribution in [2.75, 3.05) is 0 Å². The van der Waals surface area contributed by atoms with Crippen molar-refractivity contribution in [2.24, 2.45) is 0 Å². The van der Waals surface area contributed by atoms with Gasteiger partial charge in [0.2, 0.25) is 0 Å². The first-order valence-corrected chi connectivity index (χ1v) is 15.7. The Bertz CT molecular complexity index is 3580. The molecule has 49 heavy (non-hydrogen) atoms. The monoisotopic (exact) mass is 636 g/mol. The largest absolute Gasteiger partial charge is 0.455 e. The molecule has 0 aliphatic rings. The summed E-state index contributed by atoms with van der Waals surface area (Å²) in [5.74, 6) is 0. The molecule has 0 amide bonds. The SMILES string of the molecule is [2H]c1c([2H])c([2H])c(-c2ccc(-c3ccccc3-c3c4ccccc4c(-c4c([2H])c([2H])c5oc6c7c([2H])c([2H])c([2H])c([2H])c7c([2H])c([2H])c6c5c4[2H])c4ccccc34)cc2)c([2H])c1[2H]. The zero-order valence-corrected chi connectivity index (χ0v) is 25.6.